The van der Waals surface area contributed by atoms with Gasteiger partial charge in [-0.25, -0.2) is 4.79 Å². The van der Waals surface area contributed by atoms with Crippen LogP contribution in [0.1, 0.15) is 13.8 Å². The third kappa shape index (κ3) is 2.95. The molecule has 2 saturated heterocycles. The Labute approximate surface area is 149 Å². The molecule has 128 valence electrons. The van der Waals surface area contributed by atoms with Gasteiger partial charge in [-0.15, -0.1) is 11.8 Å². The van der Waals surface area contributed by atoms with Crippen molar-refractivity contribution >= 4 is 40.8 Å². The van der Waals surface area contributed by atoms with Crippen LogP contribution in [0.25, 0.3) is 0 Å². The van der Waals surface area contributed by atoms with Crippen molar-refractivity contribution in [3.8, 4) is 5.75 Å². The van der Waals surface area contributed by atoms with Gasteiger partial charge in [0.1, 0.15) is 28.2 Å². The van der Waals surface area contributed by atoms with E-state index in [0.717, 1.165) is 0 Å². The first-order chi connectivity index (χ1) is 11.3. The van der Waals surface area contributed by atoms with Crippen LogP contribution in [0.3, 0.4) is 0 Å². The molecule has 2 heterocycles. The van der Waals surface area contributed by atoms with Crippen molar-refractivity contribution in [2.45, 2.75) is 36.1 Å². The molecule has 2 fully saturated rings. The third-order valence-electron chi connectivity index (χ3n) is 4.10. The van der Waals surface area contributed by atoms with Gasteiger partial charge in [-0.05, 0) is 26.0 Å². The fourth-order valence-electron chi connectivity index (χ4n) is 3.03. The summed E-state index contributed by atoms with van der Waals surface area (Å²) in [6, 6.07) is 8.07. The molecule has 0 aromatic heterocycles. The van der Waals surface area contributed by atoms with E-state index >= 15 is 0 Å². The summed E-state index contributed by atoms with van der Waals surface area (Å²) in [6.07, 6.45) is 0. The average molecular weight is 366 g/mol. The molecule has 0 spiro atoms. The molecule has 0 radical (unpaired) electrons. The quantitative estimate of drug-likeness (QED) is 0.765. The fraction of sp³-hybridized carbons (Fsp3) is 0.438. The molecule has 2 N–H and O–H groups in total. The molecule has 2 aliphatic rings. The van der Waals surface area contributed by atoms with Gasteiger partial charge in [0.25, 0.3) is 5.91 Å². The molecular weight excluding hydrogens is 348 g/mol. The zero-order valence-electron chi connectivity index (χ0n) is 13.3. The standard InChI is InChI=1S/C16H18N2O4S2/c1-16(2)12(15(20)21)18-13(23)11(14(18)24-16)17-10(19)8-22-9-6-4-3-5-7-9/h3-7,11-12,14H,8H2,1-2H3,(H,17,19)(H,20,21)/t11-,12?,14?/m0/s1. The van der Waals surface area contributed by atoms with E-state index < -0.39 is 16.8 Å². The number of fused-ring (bicyclic) bond motifs is 1. The number of benzene rings is 1. The largest absolute Gasteiger partial charge is 0.484 e. The molecule has 0 aliphatic carbocycles. The highest BCUT2D eigenvalue weighted by atomic mass is 32.2. The number of carbonyl (C=O) groups is 2. The zero-order valence-corrected chi connectivity index (χ0v) is 14.9. The van der Waals surface area contributed by atoms with Crippen LogP contribution in [0.15, 0.2) is 30.3 Å². The van der Waals surface area contributed by atoms with Crippen molar-refractivity contribution in [1.82, 2.24) is 10.2 Å². The zero-order chi connectivity index (χ0) is 17.5. The first kappa shape index (κ1) is 17.0. The summed E-state index contributed by atoms with van der Waals surface area (Å²) >= 11 is 6.86. The molecule has 0 saturated carbocycles. The number of carboxylic acids is 1. The van der Waals surface area contributed by atoms with E-state index in [9.17, 15) is 14.7 Å². The maximum Gasteiger partial charge on any atom is 0.327 e. The van der Waals surface area contributed by atoms with E-state index in [4.69, 9.17) is 17.0 Å². The second-order valence-electron chi connectivity index (χ2n) is 6.25. The summed E-state index contributed by atoms with van der Waals surface area (Å²) in [6.45, 7) is 3.66. The minimum atomic E-state index is -0.894. The number of thioether (sulfide) groups is 1. The van der Waals surface area contributed by atoms with Crippen LogP contribution in [0.5, 0.6) is 5.75 Å². The van der Waals surface area contributed by atoms with Gasteiger partial charge in [0.2, 0.25) is 0 Å². The van der Waals surface area contributed by atoms with Crippen LogP contribution in [0.4, 0.5) is 0 Å². The van der Waals surface area contributed by atoms with Gasteiger partial charge in [0.15, 0.2) is 6.61 Å². The number of amides is 1. The number of carboxylic acid groups (broad SMARTS) is 1. The topological polar surface area (TPSA) is 78.9 Å². The molecule has 2 aliphatic heterocycles. The van der Waals surface area contributed by atoms with Gasteiger partial charge in [-0.2, -0.15) is 0 Å². The van der Waals surface area contributed by atoms with Crippen molar-refractivity contribution in [3.63, 3.8) is 0 Å². The molecule has 24 heavy (non-hydrogen) atoms. The minimum Gasteiger partial charge on any atom is -0.484 e. The Morgan fingerprint density at radius 2 is 2.04 bits per heavy atom. The van der Waals surface area contributed by atoms with Crippen LogP contribution >= 0.6 is 24.0 Å². The monoisotopic (exact) mass is 366 g/mol. The molecular formula is C16H18N2O4S2. The maximum atomic E-state index is 12.1. The first-order valence-corrected chi connectivity index (χ1v) is 8.80. The number of thiocarbonyl (C=S) groups is 1. The van der Waals surface area contributed by atoms with E-state index in [-0.39, 0.29) is 23.9 Å². The summed E-state index contributed by atoms with van der Waals surface area (Å²) in [5.41, 5.74) is 0. The van der Waals surface area contributed by atoms with E-state index in [2.05, 4.69) is 5.32 Å². The van der Waals surface area contributed by atoms with Gasteiger partial charge in [0, 0.05) is 4.75 Å². The highest BCUT2D eigenvalue weighted by Gasteiger charge is 2.62. The summed E-state index contributed by atoms with van der Waals surface area (Å²) in [5.74, 6) is -0.551. The van der Waals surface area contributed by atoms with Gasteiger partial charge >= 0.3 is 5.97 Å². The van der Waals surface area contributed by atoms with Gasteiger partial charge in [-0.3, -0.25) is 4.79 Å². The smallest absolute Gasteiger partial charge is 0.327 e. The Balaban J connectivity index is 1.59. The lowest BCUT2D eigenvalue weighted by Crippen LogP contribution is -2.70. The van der Waals surface area contributed by atoms with E-state index in [1.54, 1.807) is 17.0 Å². The van der Waals surface area contributed by atoms with Crippen molar-refractivity contribution in [3.05, 3.63) is 30.3 Å². The number of nitrogens with zero attached hydrogens (tertiary/aromatic N) is 1. The van der Waals surface area contributed by atoms with Gasteiger partial charge < -0.3 is 20.1 Å². The predicted octanol–water partition coefficient (Wildman–Crippen LogP) is 1.50. The SMILES string of the molecule is CC1(C)SC2[C@@H](NC(=O)COc3ccccc3)C(=S)N2C1C(=O)O. The number of carbonyl (C=O) groups excluding carboxylic acids is 1. The van der Waals surface area contributed by atoms with E-state index in [1.807, 2.05) is 32.0 Å². The predicted molar refractivity (Wildman–Crippen MR) is 95.2 cm³/mol. The normalized spacial score (nSPS) is 27.2. The van der Waals surface area contributed by atoms with Crippen LogP contribution in [-0.2, 0) is 9.59 Å². The summed E-state index contributed by atoms with van der Waals surface area (Å²) < 4.78 is 4.94. The van der Waals surface area contributed by atoms with Crippen LogP contribution < -0.4 is 10.1 Å². The lowest BCUT2D eigenvalue weighted by atomic mass is 9.96. The molecule has 1 amide bonds. The lowest BCUT2D eigenvalue weighted by molar-refractivity contribution is -0.142. The van der Waals surface area contributed by atoms with Crippen LogP contribution in [0, 0.1) is 0 Å². The Hall–Kier alpha value is -1.80. The molecule has 3 atom stereocenters. The van der Waals surface area contributed by atoms with Crippen molar-refractivity contribution < 1.29 is 19.4 Å². The highest BCUT2D eigenvalue weighted by molar-refractivity contribution is 8.02. The third-order valence-corrected chi connectivity index (χ3v) is 6.14. The summed E-state index contributed by atoms with van der Waals surface area (Å²) in [4.78, 5) is 25.8. The number of ether oxygens (including phenoxy) is 1. The molecule has 1 aromatic rings. The number of aliphatic carboxylic acids is 1. The second-order valence-corrected chi connectivity index (χ2v) is 8.43. The molecule has 8 heteroatoms. The van der Waals surface area contributed by atoms with E-state index in [1.165, 1.54) is 11.8 Å². The highest BCUT2D eigenvalue weighted by Crippen LogP contribution is 2.51. The van der Waals surface area contributed by atoms with E-state index in [0.29, 0.717) is 10.7 Å². The molecule has 2 unspecified atom stereocenters. The Morgan fingerprint density at radius 3 is 2.67 bits per heavy atom. The number of para-hydroxylation sites is 1. The Bertz CT molecular complexity index is 680. The first-order valence-electron chi connectivity index (χ1n) is 7.51. The average Bonchev–Trinajstić information content (AvgIpc) is 2.80. The lowest BCUT2D eigenvalue weighted by Gasteiger charge is -2.46. The number of rotatable bonds is 5. The Morgan fingerprint density at radius 1 is 1.38 bits per heavy atom. The van der Waals surface area contributed by atoms with Crippen molar-refractivity contribution in [2.75, 3.05) is 6.61 Å². The maximum absolute atomic E-state index is 12.1. The second kappa shape index (κ2) is 6.25. The van der Waals surface area contributed by atoms with Gasteiger partial charge in [-0.1, -0.05) is 30.4 Å². The molecule has 0 bridgehead atoms. The number of hydrogen-bond donors (Lipinski definition) is 2. The fourth-order valence-corrected chi connectivity index (χ4v) is 5.23. The van der Waals surface area contributed by atoms with Crippen LogP contribution in [0.2, 0.25) is 0 Å². The minimum absolute atomic E-state index is 0.105. The molecule has 6 nitrogen and oxygen atoms in total. The summed E-state index contributed by atoms with van der Waals surface area (Å²) in [7, 11) is 0. The molecule has 3 rings (SSSR count). The van der Waals surface area contributed by atoms with Gasteiger partial charge in [0.05, 0.1) is 0 Å². The van der Waals surface area contributed by atoms with Crippen LogP contribution in [-0.4, -0.2) is 55.7 Å². The Kier molecular flexibility index (Phi) is 4.44. The number of hydrogen-bond acceptors (Lipinski definition) is 5. The van der Waals surface area contributed by atoms with Crippen molar-refractivity contribution in [1.29, 1.82) is 0 Å². The van der Waals surface area contributed by atoms with Crippen molar-refractivity contribution in [2.24, 2.45) is 0 Å². The molecule has 1 aromatic carbocycles. The number of nitrogens with one attached hydrogen (secondary N) is 1. The summed E-state index contributed by atoms with van der Waals surface area (Å²) in [5, 5.41) is 12.1.